The molecule has 0 unspecified atom stereocenters. The zero-order valence-corrected chi connectivity index (χ0v) is 19.4. The van der Waals surface area contributed by atoms with Crippen LogP contribution in [0.5, 0.6) is 0 Å². The topological polar surface area (TPSA) is 116 Å². The molecule has 12 heteroatoms. The van der Waals surface area contributed by atoms with Crippen LogP contribution in [0.15, 0.2) is 24.5 Å². The van der Waals surface area contributed by atoms with Crippen molar-refractivity contribution in [3.8, 4) is 0 Å². The number of carbonyl (C=O) groups excluding carboxylic acids is 1. The number of piperidine rings is 1. The van der Waals surface area contributed by atoms with E-state index >= 15 is 0 Å². The third-order valence-corrected chi connectivity index (χ3v) is 6.22. The molecule has 2 fully saturated rings. The predicted molar refractivity (Wildman–Crippen MR) is 126 cm³/mol. The maximum absolute atomic E-state index is 14.0. The van der Waals surface area contributed by atoms with E-state index in [1.165, 1.54) is 0 Å². The number of hydrogen-bond donors (Lipinski definition) is 2. The molecule has 34 heavy (non-hydrogen) atoms. The Morgan fingerprint density at radius 2 is 2.03 bits per heavy atom. The number of hydrogen-bond acceptors (Lipinski definition) is 8. The van der Waals surface area contributed by atoms with Crippen molar-refractivity contribution in [1.82, 2.24) is 29.6 Å². The predicted octanol–water partition coefficient (Wildman–Crippen LogP) is 2.33. The second-order valence-corrected chi connectivity index (χ2v) is 8.99. The Balaban J connectivity index is 1.43. The fourth-order valence-electron chi connectivity index (χ4n) is 4.30. The summed E-state index contributed by atoms with van der Waals surface area (Å²) in [5.41, 5.74) is 0.851. The molecule has 2 saturated heterocycles. The minimum Gasteiger partial charge on any atom is -0.390 e. The summed E-state index contributed by atoms with van der Waals surface area (Å²) >= 11 is 0. The maximum atomic E-state index is 14.0. The van der Waals surface area contributed by atoms with E-state index in [2.05, 4.69) is 20.3 Å². The third kappa shape index (κ3) is 3.98. The van der Waals surface area contributed by atoms with E-state index in [0.29, 0.717) is 49.5 Å². The molecular weight excluding hydrogens is 441 g/mol. The monoisotopic (exact) mass is 469 g/mol. The van der Waals surface area contributed by atoms with Crippen LogP contribution in [0.3, 0.4) is 0 Å². The third-order valence-electron chi connectivity index (χ3n) is 6.22. The Labute approximate surface area is 196 Å². The average molecular weight is 470 g/mol. The van der Waals surface area contributed by atoms with Gasteiger partial charge < -0.3 is 20.2 Å². The Bertz CT molecular complexity index is 1220. The number of anilines is 4. The molecule has 0 spiro atoms. The summed E-state index contributed by atoms with van der Waals surface area (Å²) in [6, 6.07) is 3.60. The molecule has 2 N–H and O–H groups in total. The highest BCUT2D eigenvalue weighted by atomic mass is 19.1. The Morgan fingerprint density at radius 1 is 1.21 bits per heavy atom. The number of carbonyl (C=O) groups is 1. The average Bonchev–Trinajstić information content (AvgIpc) is 3.35. The van der Waals surface area contributed by atoms with Crippen molar-refractivity contribution in [2.45, 2.75) is 38.6 Å². The smallest absolute Gasteiger partial charge is 0.325 e. The van der Waals surface area contributed by atoms with Gasteiger partial charge in [0.1, 0.15) is 17.8 Å². The summed E-state index contributed by atoms with van der Waals surface area (Å²) in [5.74, 6) is 2.08. The van der Waals surface area contributed by atoms with Crippen molar-refractivity contribution < 1.29 is 14.3 Å². The van der Waals surface area contributed by atoms with Gasteiger partial charge in [-0.25, -0.2) is 19.2 Å². The molecule has 3 aromatic heterocycles. The lowest BCUT2D eigenvalue weighted by molar-refractivity contribution is 0.0612. The first-order valence-corrected chi connectivity index (χ1v) is 11.4. The number of pyridine rings is 1. The van der Waals surface area contributed by atoms with E-state index in [9.17, 15) is 14.3 Å². The van der Waals surface area contributed by atoms with Crippen LogP contribution in [0.1, 0.15) is 26.3 Å². The van der Waals surface area contributed by atoms with Crippen LogP contribution in [0.25, 0.3) is 10.9 Å². The molecule has 2 aliphatic rings. The van der Waals surface area contributed by atoms with Crippen LogP contribution in [0, 0.1) is 0 Å². The highest BCUT2D eigenvalue weighted by molar-refractivity contribution is 6.02. The van der Waals surface area contributed by atoms with Crippen LogP contribution in [-0.4, -0.2) is 86.3 Å². The molecule has 3 aromatic rings. The van der Waals surface area contributed by atoms with E-state index in [1.807, 2.05) is 24.6 Å². The molecule has 5 rings (SSSR count). The van der Waals surface area contributed by atoms with Crippen molar-refractivity contribution >= 4 is 40.3 Å². The van der Waals surface area contributed by atoms with E-state index in [1.54, 1.807) is 40.2 Å². The Morgan fingerprint density at radius 3 is 2.74 bits per heavy atom. The Kier molecular flexibility index (Phi) is 5.68. The molecule has 180 valence electrons. The van der Waals surface area contributed by atoms with Gasteiger partial charge in [-0.05, 0) is 26.3 Å². The standard InChI is InChI=1S/C22H28FN9O2/c1-13(2)32-16-10-19(25-11-14(16)20(28-32)31-9-8-29(3)22(31)34)26-18-4-6-24-21(27-18)30-7-5-17(33)15(23)12-30/h4,6,10-11,13,15,17,33H,5,7-9,12H2,1-3H3,(H,24,25,26,27)/t15-,17+/m0/s1. The first kappa shape index (κ1) is 22.3. The minimum absolute atomic E-state index is 0.0512. The van der Waals surface area contributed by atoms with Gasteiger partial charge in [0.15, 0.2) is 5.82 Å². The molecule has 2 amide bonds. The van der Waals surface area contributed by atoms with E-state index < -0.39 is 12.3 Å². The SMILES string of the molecule is CC(C)n1nc(N2CCN(C)C2=O)c2cnc(Nc3ccnc(N4CC[C@@H](O)[C@@H](F)C4)n3)cc21. The summed E-state index contributed by atoms with van der Waals surface area (Å²) in [4.78, 5) is 30.9. The number of aliphatic hydroxyl groups is 1. The number of aliphatic hydroxyl groups excluding tert-OH is 1. The second kappa shape index (κ2) is 8.67. The fourth-order valence-corrected chi connectivity index (χ4v) is 4.30. The van der Waals surface area contributed by atoms with Gasteiger partial charge in [-0.1, -0.05) is 0 Å². The second-order valence-electron chi connectivity index (χ2n) is 8.99. The quantitative estimate of drug-likeness (QED) is 0.585. The number of nitrogens with one attached hydrogen (secondary N) is 1. The number of alkyl halides is 1. The van der Waals surface area contributed by atoms with Gasteiger partial charge in [0, 0.05) is 51.2 Å². The molecular formula is C22H28FN9O2. The van der Waals surface area contributed by atoms with Crippen LogP contribution in [0.2, 0.25) is 0 Å². The number of urea groups is 1. The summed E-state index contributed by atoms with van der Waals surface area (Å²) in [6.45, 7) is 5.83. The number of nitrogens with zero attached hydrogens (tertiary/aromatic N) is 8. The summed E-state index contributed by atoms with van der Waals surface area (Å²) in [6.07, 6.45) is 1.38. The van der Waals surface area contributed by atoms with Gasteiger partial charge in [0.2, 0.25) is 5.95 Å². The molecule has 0 aliphatic carbocycles. The van der Waals surface area contributed by atoms with Crippen molar-refractivity contribution in [2.24, 2.45) is 0 Å². The van der Waals surface area contributed by atoms with Gasteiger partial charge in [-0.15, -0.1) is 0 Å². The molecule has 11 nitrogen and oxygen atoms in total. The summed E-state index contributed by atoms with van der Waals surface area (Å²) in [5, 5.41) is 18.4. The zero-order chi connectivity index (χ0) is 24.0. The van der Waals surface area contributed by atoms with Gasteiger partial charge in [0.25, 0.3) is 0 Å². The van der Waals surface area contributed by atoms with Gasteiger partial charge >= 0.3 is 6.03 Å². The maximum Gasteiger partial charge on any atom is 0.325 e. The van der Waals surface area contributed by atoms with Crippen LogP contribution in [-0.2, 0) is 0 Å². The van der Waals surface area contributed by atoms with Crippen LogP contribution < -0.4 is 15.1 Å². The molecule has 0 aromatic carbocycles. The number of likely N-dealkylation sites (N-methyl/N-ethyl adjacent to an activating group) is 1. The van der Waals surface area contributed by atoms with E-state index in [0.717, 1.165) is 10.9 Å². The number of rotatable bonds is 5. The number of aromatic nitrogens is 5. The largest absolute Gasteiger partial charge is 0.390 e. The molecule has 0 radical (unpaired) electrons. The lowest BCUT2D eigenvalue weighted by Gasteiger charge is -2.32. The molecule has 2 aliphatic heterocycles. The van der Waals surface area contributed by atoms with Gasteiger partial charge in [0.05, 0.1) is 23.6 Å². The van der Waals surface area contributed by atoms with Crippen LogP contribution in [0.4, 0.5) is 32.6 Å². The van der Waals surface area contributed by atoms with Crippen molar-refractivity contribution in [3.05, 3.63) is 24.5 Å². The van der Waals surface area contributed by atoms with Crippen molar-refractivity contribution in [2.75, 3.05) is 48.3 Å². The normalized spacial score (nSPS) is 21.2. The summed E-state index contributed by atoms with van der Waals surface area (Å²) in [7, 11) is 1.78. The summed E-state index contributed by atoms with van der Waals surface area (Å²) < 4.78 is 15.8. The number of amides is 2. The van der Waals surface area contributed by atoms with E-state index in [4.69, 9.17) is 5.10 Å². The highest BCUT2D eigenvalue weighted by Gasteiger charge is 2.31. The zero-order valence-electron chi connectivity index (χ0n) is 19.4. The first-order chi connectivity index (χ1) is 16.3. The Hall–Kier alpha value is -3.54. The van der Waals surface area contributed by atoms with E-state index in [-0.39, 0.29) is 18.6 Å². The molecule has 5 heterocycles. The number of halogens is 1. The van der Waals surface area contributed by atoms with Crippen molar-refractivity contribution in [3.63, 3.8) is 0 Å². The lowest BCUT2D eigenvalue weighted by atomic mass is 10.1. The first-order valence-electron chi connectivity index (χ1n) is 11.4. The fraction of sp³-hybridized carbons (Fsp3) is 0.500. The molecule has 0 bridgehead atoms. The van der Waals surface area contributed by atoms with Gasteiger partial charge in [-0.2, -0.15) is 10.1 Å². The molecule has 2 atom stereocenters. The highest BCUT2D eigenvalue weighted by Crippen LogP contribution is 2.32. The lowest BCUT2D eigenvalue weighted by Crippen LogP contribution is -2.45. The minimum atomic E-state index is -1.33. The van der Waals surface area contributed by atoms with Crippen LogP contribution >= 0.6 is 0 Å². The van der Waals surface area contributed by atoms with Crippen molar-refractivity contribution in [1.29, 1.82) is 0 Å². The molecule has 0 saturated carbocycles. The number of fused-ring (bicyclic) bond motifs is 1. The van der Waals surface area contributed by atoms with Gasteiger partial charge in [-0.3, -0.25) is 9.58 Å².